The van der Waals surface area contributed by atoms with Crippen LogP contribution >= 0.6 is 0 Å². The molecular weight excluding hydrogens is 453 g/mol. The Morgan fingerprint density at radius 3 is 2.47 bits per heavy atom. The third-order valence-corrected chi connectivity index (χ3v) is 6.88. The second kappa shape index (κ2) is 9.82. The Morgan fingerprint density at radius 2 is 1.79 bits per heavy atom. The summed E-state index contributed by atoms with van der Waals surface area (Å²) >= 11 is 0. The first-order chi connectivity index (χ1) is 16.1. The Bertz CT molecular complexity index is 978. The molecule has 1 unspecified atom stereocenters. The summed E-state index contributed by atoms with van der Waals surface area (Å²) in [6.45, 7) is 3.28. The van der Waals surface area contributed by atoms with E-state index in [2.05, 4.69) is 5.32 Å². The smallest absolute Gasteiger partial charge is 0.401 e. The van der Waals surface area contributed by atoms with Gasteiger partial charge in [-0.25, -0.2) is 8.78 Å². The minimum Gasteiger partial charge on any atom is -0.491 e. The minimum absolute atomic E-state index is 0.0805. The van der Waals surface area contributed by atoms with Gasteiger partial charge in [0.15, 0.2) is 0 Å². The molecule has 1 N–H and O–H groups in total. The molecule has 34 heavy (non-hydrogen) atoms. The van der Waals surface area contributed by atoms with Gasteiger partial charge in [0.05, 0.1) is 24.9 Å². The van der Waals surface area contributed by atoms with E-state index in [4.69, 9.17) is 9.47 Å². The summed E-state index contributed by atoms with van der Waals surface area (Å²) in [5, 5.41) is 2.54. The summed E-state index contributed by atoms with van der Waals surface area (Å²) in [6, 6.07) is 10.6. The zero-order chi connectivity index (χ0) is 24.5. The van der Waals surface area contributed by atoms with E-state index in [1.807, 2.05) is 13.8 Å². The largest absolute Gasteiger partial charge is 0.491 e. The Balaban J connectivity index is 1.61. The Hall–Kier alpha value is -2.19. The van der Waals surface area contributed by atoms with E-state index in [1.165, 1.54) is 24.3 Å². The quantitative estimate of drug-likeness (QED) is 0.466. The summed E-state index contributed by atoms with van der Waals surface area (Å²) in [4.78, 5) is 0. The van der Waals surface area contributed by atoms with Gasteiger partial charge in [-0.3, -0.25) is 0 Å². The molecule has 0 bridgehead atoms. The fourth-order valence-corrected chi connectivity index (χ4v) is 5.64. The molecule has 0 amide bonds. The molecule has 8 heteroatoms. The van der Waals surface area contributed by atoms with Crippen molar-refractivity contribution >= 4 is 0 Å². The van der Waals surface area contributed by atoms with Crippen LogP contribution < -0.4 is 10.1 Å². The third kappa shape index (κ3) is 5.54. The maximum absolute atomic E-state index is 14.2. The molecule has 186 valence electrons. The van der Waals surface area contributed by atoms with Crippen LogP contribution in [0.25, 0.3) is 0 Å². The van der Waals surface area contributed by atoms with Crippen LogP contribution in [0.1, 0.15) is 56.1 Å². The molecule has 1 aliphatic carbocycles. The first-order valence-electron chi connectivity index (χ1n) is 11.7. The van der Waals surface area contributed by atoms with Crippen LogP contribution in [-0.2, 0) is 4.74 Å². The first-order valence-corrected chi connectivity index (χ1v) is 11.7. The van der Waals surface area contributed by atoms with E-state index < -0.39 is 18.3 Å². The van der Waals surface area contributed by atoms with Crippen molar-refractivity contribution in [2.75, 3.05) is 19.7 Å². The lowest BCUT2D eigenvalue weighted by molar-refractivity contribution is -0.125. The molecule has 2 fully saturated rings. The van der Waals surface area contributed by atoms with Crippen LogP contribution in [0, 0.1) is 17.6 Å². The number of benzene rings is 2. The van der Waals surface area contributed by atoms with Gasteiger partial charge >= 0.3 is 6.18 Å². The van der Waals surface area contributed by atoms with Crippen molar-refractivity contribution in [1.82, 2.24) is 5.32 Å². The topological polar surface area (TPSA) is 30.5 Å². The van der Waals surface area contributed by atoms with Crippen LogP contribution in [0.3, 0.4) is 0 Å². The summed E-state index contributed by atoms with van der Waals surface area (Å²) in [5.74, 6) is -0.547. The number of halogens is 5. The van der Waals surface area contributed by atoms with E-state index in [9.17, 15) is 22.0 Å². The zero-order valence-corrected chi connectivity index (χ0v) is 19.3. The molecule has 1 aliphatic heterocycles. The van der Waals surface area contributed by atoms with Gasteiger partial charge in [0.1, 0.15) is 17.4 Å². The molecule has 1 spiro atoms. The van der Waals surface area contributed by atoms with Gasteiger partial charge in [-0.2, -0.15) is 13.2 Å². The molecule has 0 aromatic heterocycles. The van der Waals surface area contributed by atoms with Gasteiger partial charge in [-0.1, -0.05) is 12.1 Å². The molecule has 2 aromatic carbocycles. The Kier molecular flexibility index (Phi) is 7.20. The lowest BCUT2D eigenvalue weighted by Gasteiger charge is -2.34. The number of nitrogens with one attached hydrogen (secondary N) is 1. The minimum atomic E-state index is -4.29. The Labute approximate surface area is 196 Å². The van der Waals surface area contributed by atoms with Crippen molar-refractivity contribution in [1.29, 1.82) is 0 Å². The number of ether oxygens (including phenoxy) is 2. The van der Waals surface area contributed by atoms with Crippen LogP contribution in [0.15, 0.2) is 42.5 Å². The molecule has 0 radical (unpaired) electrons. The second-order valence-corrected chi connectivity index (χ2v) is 9.70. The predicted molar refractivity (Wildman–Crippen MR) is 119 cm³/mol. The molecule has 2 aliphatic rings. The van der Waals surface area contributed by atoms with Gasteiger partial charge in [-0.15, -0.1) is 0 Å². The maximum atomic E-state index is 14.2. The van der Waals surface area contributed by atoms with Crippen LogP contribution in [-0.4, -0.2) is 37.6 Å². The van der Waals surface area contributed by atoms with Crippen molar-refractivity contribution in [2.45, 2.75) is 62.8 Å². The summed E-state index contributed by atoms with van der Waals surface area (Å²) in [5.41, 5.74) is 0.965. The molecule has 4 atom stereocenters. The van der Waals surface area contributed by atoms with Crippen molar-refractivity contribution in [3.8, 4) is 5.75 Å². The fourth-order valence-electron chi connectivity index (χ4n) is 5.64. The molecule has 1 saturated heterocycles. The predicted octanol–water partition coefficient (Wildman–Crippen LogP) is 6.34. The monoisotopic (exact) mass is 483 g/mol. The highest BCUT2D eigenvalue weighted by Crippen LogP contribution is 2.57. The number of rotatable bonds is 7. The summed E-state index contributed by atoms with van der Waals surface area (Å²) in [6.07, 6.45) is -2.44. The number of alkyl halides is 3. The fraction of sp³-hybridized carbons (Fsp3) is 0.538. The molecule has 1 saturated carbocycles. The third-order valence-electron chi connectivity index (χ3n) is 6.88. The number of hydrogen-bond acceptors (Lipinski definition) is 3. The summed E-state index contributed by atoms with van der Waals surface area (Å²) < 4.78 is 78.3. The van der Waals surface area contributed by atoms with E-state index >= 15 is 0 Å². The average Bonchev–Trinajstić information content (AvgIpc) is 3.33. The summed E-state index contributed by atoms with van der Waals surface area (Å²) in [7, 11) is 0. The Morgan fingerprint density at radius 1 is 1.09 bits per heavy atom. The highest BCUT2D eigenvalue weighted by molar-refractivity contribution is 5.39. The van der Waals surface area contributed by atoms with Gasteiger partial charge in [0, 0.05) is 17.4 Å². The van der Waals surface area contributed by atoms with Crippen molar-refractivity contribution in [3.63, 3.8) is 0 Å². The van der Waals surface area contributed by atoms with Crippen LogP contribution in [0.2, 0.25) is 0 Å². The van der Waals surface area contributed by atoms with E-state index in [0.29, 0.717) is 31.6 Å². The standard InChI is InChI=1S/C26H30F5NO2/c1-16(2)34-23-8-7-21(28)11-22(23)19-12-25(33-14-19)10-9-18(13-32-15-26(29,30)31)24(25)17-3-5-20(27)6-4-17/h3-8,11,16,18-19,24,32H,9-10,12-15H2,1-2H3/t18?,19-,24-,25-/m1/s1. The van der Waals surface area contributed by atoms with E-state index in [-0.39, 0.29) is 42.0 Å². The van der Waals surface area contributed by atoms with E-state index in [1.54, 1.807) is 18.2 Å². The first kappa shape index (κ1) is 24.9. The van der Waals surface area contributed by atoms with Gasteiger partial charge in [0.25, 0.3) is 0 Å². The molecule has 1 heterocycles. The molecule has 4 rings (SSSR count). The van der Waals surface area contributed by atoms with Crippen molar-refractivity contribution in [2.24, 2.45) is 5.92 Å². The van der Waals surface area contributed by atoms with Gasteiger partial charge in [-0.05, 0) is 81.5 Å². The number of hydrogen-bond donors (Lipinski definition) is 1. The van der Waals surface area contributed by atoms with Crippen molar-refractivity contribution < 1.29 is 31.4 Å². The second-order valence-electron chi connectivity index (χ2n) is 9.70. The molecular formula is C26H30F5NO2. The lowest BCUT2D eigenvalue weighted by atomic mass is 9.76. The van der Waals surface area contributed by atoms with Crippen LogP contribution in [0.5, 0.6) is 5.75 Å². The van der Waals surface area contributed by atoms with Gasteiger partial charge < -0.3 is 14.8 Å². The highest BCUT2D eigenvalue weighted by Gasteiger charge is 2.54. The van der Waals surface area contributed by atoms with Crippen LogP contribution in [0.4, 0.5) is 22.0 Å². The highest BCUT2D eigenvalue weighted by atomic mass is 19.4. The zero-order valence-electron chi connectivity index (χ0n) is 19.3. The molecule has 3 nitrogen and oxygen atoms in total. The van der Waals surface area contributed by atoms with E-state index in [0.717, 1.165) is 11.1 Å². The lowest BCUT2D eigenvalue weighted by Crippen LogP contribution is -2.38. The van der Waals surface area contributed by atoms with Gasteiger partial charge in [0.2, 0.25) is 0 Å². The molecule has 2 aromatic rings. The SMILES string of the molecule is CC(C)Oc1ccc(F)cc1[C@H]1CO[C@]2(CCC(CNCC(F)(F)F)[C@H]2c2ccc(F)cc2)C1. The maximum Gasteiger partial charge on any atom is 0.401 e. The normalized spacial score (nSPS) is 27.1. The average molecular weight is 484 g/mol. The van der Waals surface area contributed by atoms with Crippen molar-refractivity contribution in [3.05, 3.63) is 65.2 Å².